The third kappa shape index (κ3) is 5.69. The van der Waals surface area contributed by atoms with Crippen LogP contribution >= 0.6 is 0 Å². The number of carbonyl (C=O) groups excluding carboxylic acids is 1. The molecular formula is C16H21NO3. The molecule has 108 valence electrons. The van der Waals surface area contributed by atoms with Gasteiger partial charge >= 0.3 is 5.97 Å². The monoisotopic (exact) mass is 275 g/mol. The third-order valence-corrected chi connectivity index (χ3v) is 2.79. The average Bonchev–Trinajstić information content (AvgIpc) is 2.35. The van der Waals surface area contributed by atoms with Crippen LogP contribution in [0.2, 0.25) is 0 Å². The Hall–Kier alpha value is -2.10. The van der Waals surface area contributed by atoms with E-state index in [9.17, 15) is 9.59 Å². The first-order valence-corrected chi connectivity index (χ1v) is 6.70. The number of hydrogen-bond acceptors (Lipinski definition) is 2. The van der Waals surface area contributed by atoms with Gasteiger partial charge in [-0.2, -0.15) is 0 Å². The zero-order valence-electron chi connectivity index (χ0n) is 12.1. The predicted molar refractivity (Wildman–Crippen MR) is 79.5 cm³/mol. The predicted octanol–water partition coefficient (Wildman–Crippen LogP) is 2.95. The molecule has 0 bridgehead atoms. The summed E-state index contributed by atoms with van der Waals surface area (Å²) in [7, 11) is 0. The normalized spacial score (nSPS) is 12.6. The summed E-state index contributed by atoms with van der Waals surface area (Å²) in [6.45, 7) is 6.22. The molecule has 1 aromatic carbocycles. The fraction of sp³-hybridized carbons (Fsp3) is 0.375. The van der Waals surface area contributed by atoms with Crippen LogP contribution in [-0.4, -0.2) is 23.0 Å². The van der Waals surface area contributed by atoms with Crippen molar-refractivity contribution in [1.82, 2.24) is 5.32 Å². The number of carboxylic acid groups (broad SMARTS) is 1. The molecule has 4 nitrogen and oxygen atoms in total. The lowest BCUT2D eigenvalue weighted by molar-refractivity contribution is -0.131. The van der Waals surface area contributed by atoms with E-state index in [2.05, 4.69) is 19.2 Å². The molecule has 0 aliphatic carbocycles. The summed E-state index contributed by atoms with van der Waals surface area (Å²) in [5.41, 5.74) is 1.33. The highest BCUT2D eigenvalue weighted by atomic mass is 16.4. The topological polar surface area (TPSA) is 66.4 Å². The summed E-state index contributed by atoms with van der Waals surface area (Å²) >= 11 is 0. The van der Waals surface area contributed by atoms with Crippen molar-refractivity contribution in [3.05, 3.63) is 41.5 Å². The van der Waals surface area contributed by atoms with Gasteiger partial charge in [-0.15, -0.1) is 0 Å². The van der Waals surface area contributed by atoms with Gasteiger partial charge in [0.1, 0.15) is 0 Å². The number of rotatable bonds is 6. The molecular weight excluding hydrogens is 254 g/mol. The Bertz CT molecular complexity index is 489. The van der Waals surface area contributed by atoms with Gasteiger partial charge in [0, 0.05) is 17.7 Å². The maximum absolute atomic E-state index is 12.0. The number of amides is 1. The molecule has 0 spiro atoms. The number of nitrogens with one attached hydrogen (secondary N) is 1. The molecule has 20 heavy (non-hydrogen) atoms. The van der Waals surface area contributed by atoms with Crippen molar-refractivity contribution in [1.29, 1.82) is 0 Å². The van der Waals surface area contributed by atoms with Crippen LogP contribution in [0.25, 0.3) is 6.08 Å². The Labute approximate surface area is 119 Å². The highest BCUT2D eigenvalue weighted by molar-refractivity contribution is 5.94. The van der Waals surface area contributed by atoms with Gasteiger partial charge in [-0.05, 0) is 43.0 Å². The quantitative estimate of drug-likeness (QED) is 0.784. The SMILES string of the molecule is CC(C)CC(C)NC(=O)c1ccc(C=CC(=O)O)cc1. The largest absolute Gasteiger partial charge is 0.478 e. The standard InChI is InChI=1S/C16H21NO3/c1-11(2)10-12(3)17-16(20)14-7-4-13(5-8-14)6-9-15(18)19/h4-9,11-12H,10H2,1-3H3,(H,17,20)(H,18,19). The van der Waals surface area contributed by atoms with Gasteiger partial charge in [-0.1, -0.05) is 26.0 Å². The van der Waals surface area contributed by atoms with Crippen LogP contribution in [0.1, 0.15) is 43.1 Å². The molecule has 2 N–H and O–H groups in total. The zero-order chi connectivity index (χ0) is 15.1. The van der Waals surface area contributed by atoms with E-state index in [0.717, 1.165) is 18.1 Å². The highest BCUT2D eigenvalue weighted by Gasteiger charge is 2.10. The second-order valence-corrected chi connectivity index (χ2v) is 5.30. The Morgan fingerprint density at radius 2 is 1.80 bits per heavy atom. The summed E-state index contributed by atoms with van der Waals surface area (Å²) in [4.78, 5) is 22.4. The van der Waals surface area contributed by atoms with E-state index in [1.807, 2.05) is 6.92 Å². The second kappa shape index (κ2) is 7.48. The summed E-state index contributed by atoms with van der Waals surface area (Å²) in [6.07, 6.45) is 3.50. The minimum absolute atomic E-state index is 0.105. The molecule has 0 aliphatic heterocycles. The molecule has 4 heteroatoms. The van der Waals surface area contributed by atoms with E-state index in [4.69, 9.17) is 5.11 Å². The molecule has 1 rings (SSSR count). The lowest BCUT2D eigenvalue weighted by atomic mass is 10.0. The number of hydrogen-bond donors (Lipinski definition) is 2. The molecule has 0 saturated heterocycles. The van der Waals surface area contributed by atoms with E-state index in [-0.39, 0.29) is 11.9 Å². The maximum Gasteiger partial charge on any atom is 0.328 e. The third-order valence-electron chi connectivity index (χ3n) is 2.79. The van der Waals surface area contributed by atoms with Crippen molar-refractivity contribution in [2.75, 3.05) is 0 Å². The molecule has 0 aliphatic rings. The van der Waals surface area contributed by atoms with E-state index >= 15 is 0 Å². The average molecular weight is 275 g/mol. The van der Waals surface area contributed by atoms with Crippen LogP contribution in [0, 0.1) is 5.92 Å². The van der Waals surface area contributed by atoms with Crippen molar-refractivity contribution in [2.45, 2.75) is 33.2 Å². The van der Waals surface area contributed by atoms with Gasteiger partial charge in [0.05, 0.1) is 0 Å². The van der Waals surface area contributed by atoms with Gasteiger partial charge in [0.15, 0.2) is 0 Å². The minimum Gasteiger partial charge on any atom is -0.478 e. The molecule has 0 saturated carbocycles. The van der Waals surface area contributed by atoms with Crippen molar-refractivity contribution in [3.8, 4) is 0 Å². The van der Waals surface area contributed by atoms with Crippen molar-refractivity contribution < 1.29 is 14.7 Å². The molecule has 1 aromatic rings. The minimum atomic E-state index is -0.991. The maximum atomic E-state index is 12.0. The molecule has 1 amide bonds. The van der Waals surface area contributed by atoms with E-state index in [1.165, 1.54) is 6.08 Å². The lowest BCUT2D eigenvalue weighted by Crippen LogP contribution is -2.33. The number of aliphatic carboxylic acids is 1. The van der Waals surface area contributed by atoms with Crippen LogP contribution in [-0.2, 0) is 4.79 Å². The van der Waals surface area contributed by atoms with Crippen LogP contribution < -0.4 is 5.32 Å². The first-order valence-electron chi connectivity index (χ1n) is 6.70. The van der Waals surface area contributed by atoms with Crippen LogP contribution in [0.15, 0.2) is 30.3 Å². The van der Waals surface area contributed by atoms with Crippen LogP contribution in [0.3, 0.4) is 0 Å². The van der Waals surface area contributed by atoms with Crippen LogP contribution in [0.5, 0.6) is 0 Å². The molecule has 0 fully saturated rings. The van der Waals surface area contributed by atoms with E-state index in [0.29, 0.717) is 11.5 Å². The van der Waals surface area contributed by atoms with Gasteiger partial charge < -0.3 is 10.4 Å². The number of carboxylic acids is 1. The summed E-state index contributed by atoms with van der Waals surface area (Å²) in [5, 5.41) is 11.5. The van der Waals surface area contributed by atoms with Gasteiger partial charge in [-0.3, -0.25) is 4.79 Å². The van der Waals surface area contributed by atoms with Gasteiger partial charge in [0.25, 0.3) is 5.91 Å². The second-order valence-electron chi connectivity index (χ2n) is 5.30. The lowest BCUT2D eigenvalue weighted by Gasteiger charge is -2.15. The fourth-order valence-corrected chi connectivity index (χ4v) is 1.99. The van der Waals surface area contributed by atoms with Crippen molar-refractivity contribution >= 4 is 18.0 Å². The molecule has 1 unspecified atom stereocenters. The Balaban J connectivity index is 2.64. The summed E-state index contributed by atoms with van der Waals surface area (Å²) < 4.78 is 0. The smallest absolute Gasteiger partial charge is 0.328 e. The first kappa shape index (κ1) is 16.0. The molecule has 1 atom stereocenters. The van der Waals surface area contributed by atoms with Gasteiger partial charge in [-0.25, -0.2) is 4.79 Å². The van der Waals surface area contributed by atoms with Crippen molar-refractivity contribution in [2.24, 2.45) is 5.92 Å². The molecule has 0 radical (unpaired) electrons. The Morgan fingerprint density at radius 1 is 1.20 bits per heavy atom. The zero-order valence-corrected chi connectivity index (χ0v) is 12.1. The Morgan fingerprint density at radius 3 is 2.30 bits per heavy atom. The van der Waals surface area contributed by atoms with Gasteiger partial charge in [0.2, 0.25) is 0 Å². The van der Waals surface area contributed by atoms with E-state index < -0.39 is 5.97 Å². The number of benzene rings is 1. The summed E-state index contributed by atoms with van der Waals surface area (Å²) in [6, 6.07) is 6.97. The first-order chi connectivity index (χ1) is 9.38. The van der Waals surface area contributed by atoms with Crippen LogP contribution in [0.4, 0.5) is 0 Å². The molecule has 0 heterocycles. The molecule has 0 aromatic heterocycles. The van der Waals surface area contributed by atoms with Crippen molar-refractivity contribution in [3.63, 3.8) is 0 Å². The van der Waals surface area contributed by atoms with E-state index in [1.54, 1.807) is 24.3 Å². The fourth-order valence-electron chi connectivity index (χ4n) is 1.99. The summed E-state index contributed by atoms with van der Waals surface area (Å²) in [5.74, 6) is -0.560. The number of carbonyl (C=O) groups is 2. The highest BCUT2D eigenvalue weighted by Crippen LogP contribution is 2.08. The Kier molecular flexibility index (Phi) is 5.97.